The van der Waals surface area contributed by atoms with Gasteiger partial charge in [-0.2, -0.15) is 4.68 Å². The highest BCUT2D eigenvalue weighted by Crippen LogP contribution is 2.36. The highest BCUT2D eigenvalue weighted by atomic mass is 32.2. The number of nitro benzene ring substituents is 1. The van der Waals surface area contributed by atoms with Crippen LogP contribution in [-0.2, 0) is 17.1 Å². The van der Waals surface area contributed by atoms with Gasteiger partial charge < -0.3 is 9.47 Å². The summed E-state index contributed by atoms with van der Waals surface area (Å²) in [7, 11) is 0. The molecule has 2 aromatic carbocycles. The molecule has 0 bridgehead atoms. The van der Waals surface area contributed by atoms with E-state index in [0.717, 1.165) is 11.3 Å². The van der Waals surface area contributed by atoms with Gasteiger partial charge in [0.05, 0.1) is 17.2 Å². The zero-order chi connectivity index (χ0) is 18.8. The molecule has 0 atom stereocenters. The largest absolute Gasteiger partial charge is 0.467 e. The van der Waals surface area contributed by atoms with Crippen molar-refractivity contribution in [3.63, 3.8) is 0 Å². The molecule has 1 aliphatic rings. The lowest BCUT2D eigenvalue weighted by atomic mass is 10.1. The van der Waals surface area contributed by atoms with Gasteiger partial charge in [0.15, 0.2) is 6.79 Å². The number of benzene rings is 2. The second kappa shape index (κ2) is 7.33. The molecular weight excluding hydrogens is 370 g/mol. The first-order valence-electron chi connectivity index (χ1n) is 8.11. The summed E-state index contributed by atoms with van der Waals surface area (Å²) in [5.41, 5.74) is 3.38. The number of aryl methyl sites for hydroxylation is 1. The number of non-ortho nitro benzene ring substituents is 1. The Hall–Kier alpha value is -2.98. The van der Waals surface area contributed by atoms with Crippen molar-refractivity contribution in [3.05, 3.63) is 63.2 Å². The average Bonchev–Trinajstić information content (AvgIpc) is 3.15. The van der Waals surface area contributed by atoms with Crippen LogP contribution in [0, 0.1) is 17.0 Å². The van der Waals surface area contributed by atoms with E-state index >= 15 is 0 Å². The molecular formula is C17H15N5O4S. The van der Waals surface area contributed by atoms with Gasteiger partial charge in [0.2, 0.25) is 5.16 Å². The van der Waals surface area contributed by atoms with Crippen LogP contribution in [0.5, 0.6) is 5.75 Å². The first-order valence-corrected chi connectivity index (χ1v) is 9.09. The summed E-state index contributed by atoms with van der Waals surface area (Å²) >= 11 is 1.38. The highest BCUT2D eigenvalue weighted by Gasteiger charge is 2.21. The van der Waals surface area contributed by atoms with Crippen LogP contribution < -0.4 is 4.74 Å². The molecule has 4 rings (SSSR count). The highest BCUT2D eigenvalue weighted by molar-refractivity contribution is 7.98. The number of aromatic nitrogens is 4. The molecule has 2 heterocycles. The van der Waals surface area contributed by atoms with Gasteiger partial charge >= 0.3 is 0 Å². The monoisotopic (exact) mass is 385 g/mol. The predicted octanol–water partition coefficient (Wildman–Crippen LogP) is 3.04. The Balaban J connectivity index is 1.61. The second-order valence-corrected chi connectivity index (χ2v) is 6.90. The maximum absolute atomic E-state index is 11.2. The third-order valence-corrected chi connectivity index (χ3v) is 5.03. The number of nitrogens with zero attached hydrogens (tertiary/aromatic N) is 5. The lowest BCUT2D eigenvalue weighted by Gasteiger charge is -2.20. The number of hydrogen-bond donors (Lipinski definition) is 0. The zero-order valence-electron chi connectivity index (χ0n) is 14.4. The Morgan fingerprint density at radius 2 is 2.11 bits per heavy atom. The zero-order valence-corrected chi connectivity index (χ0v) is 15.2. The van der Waals surface area contributed by atoms with Crippen LogP contribution in [-0.4, -0.2) is 31.9 Å². The van der Waals surface area contributed by atoms with Crippen molar-refractivity contribution >= 4 is 17.4 Å². The quantitative estimate of drug-likeness (QED) is 0.375. The van der Waals surface area contributed by atoms with Gasteiger partial charge in [-0.3, -0.25) is 10.1 Å². The van der Waals surface area contributed by atoms with Crippen molar-refractivity contribution in [1.82, 2.24) is 20.2 Å². The first-order chi connectivity index (χ1) is 13.1. The molecule has 9 nitrogen and oxygen atoms in total. The molecule has 0 radical (unpaired) electrons. The number of ether oxygens (including phenoxy) is 2. The minimum atomic E-state index is -0.417. The third kappa shape index (κ3) is 3.62. The van der Waals surface area contributed by atoms with Crippen LogP contribution in [0.1, 0.15) is 16.7 Å². The predicted molar refractivity (Wildman–Crippen MR) is 96.8 cm³/mol. The maximum Gasteiger partial charge on any atom is 0.270 e. The maximum atomic E-state index is 11.2. The van der Waals surface area contributed by atoms with Crippen molar-refractivity contribution in [2.24, 2.45) is 0 Å². The van der Waals surface area contributed by atoms with Crippen LogP contribution >= 0.6 is 11.8 Å². The van der Waals surface area contributed by atoms with Gasteiger partial charge in [-0.15, -0.1) is 5.10 Å². The van der Waals surface area contributed by atoms with E-state index in [4.69, 9.17) is 9.47 Å². The van der Waals surface area contributed by atoms with Crippen molar-refractivity contribution in [1.29, 1.82) is 0 Å². The summed E-state index contributed by atoms with van der Waals surface area (Å²) in [5, 5.41) is 23.7. The molecule has 0 saturated carbocycles. The van der Waals surface area contributed by atoms with Gasteiger partial charge in [-0.05, 0) is 29.5 Å². The Kier molecular flexibility index (Phi) is 4.73. The van der Waals surface area contributed by atoms with Gasteiger partial charge in [-0.1, -0.05) is 29.5 Å². The van der Waals surface area contributed by atoms with Crippen LogP contribution in [0.25, 0.3) is 5.69 Å². The number of rotatable bonds is 5. The van der Waals surface area contributed by atoms with Gasteiger partial charge in [0, 0.05) is 29.0 Å². The summed E-state index contributed by atoms with van der Waals surface area (Å²) in [6.45, 7) is 2.42. The van der Waals surface area contributed by atoms with Crippen LogP contribution in [0.2, 0.25) is 0 Å². The van der Waals surface area contributed by atoms with Crippen LogP contribution in [0.15, 0.2) is 41.6 Å². The molecule has 0 N–H and O–H groups in total. The molecule has 0 saturated heterocycles. The fourth-order valence-electron chi connectivity index (χ4n) is 2.75. The molecule has 0 amide bonds. The van der Waals surface area contributed by atoms with E-state index in [1.165, 1.54) is 23.9 Å². The smallest absolute Gasteiger partial charge is 0.270 e. The molecule has 1 aromatic heterocycles. The van der Waals surface area contributed by atoms with E-state index in [2.05, 4.69) is 15.5 Å². The third-order valence-electron chi connectivity index (χ3n) is 4.06. The Labute approximate surface area is 158 Å². The Morgan fingerprint density at radius 1 is 1.30 bits per heavy atom. The fourth-order valence-corrected chi connectivity index (χ4v) is 3.61. The lowest BCUT2D eigenvalue weighted by molar-refractivity contribution is -0.385. The van der Waals surface area contributed by atoms with Gasteiger partial charge in [0.1, 0.15) is 5.75 Å². The van der Waals surface area contributed by atoms with Crippen LogP contribution in [0.3, 0.4) is 0 Å². The number of thioether (sulfide) groups is 1. The molecule has 3 aromatic rings. The number of tetrazole rings is 1. The summed E-state index contributed by atoms with van der Waals surface area (Å²) < 4.78 is 12.4. The van der Waals surface area contributed by atoms with E-state index in [9.17, 15) is 10.1 Å². The van der Waals surface area contributed by atoms with E-state index < -0.39 is 4.92 Å². The van der Waals surface area contributed by atoms with Crippen molar-refractivity contribution in [2.45, 2.75) is 24.4 Å². The average molecular weight is 385 g/mol. The normalized spacial score (nSPS) is 13.1. The minimum absolute atomic E-state index is 0.0107. The summed E-state index contributed by atoms with van der Waals surface area (Å²) in [6.07, 6.45) is 0. The van der Waals surface area contributed by atoms with Crippen molar-refractivity contribution in [3.8, 4) is 11.4 Å². The van der Waals surface area contributed by atoms with Gasteiger partial charge in [-0.25, -0.2) is 0 Å². The van der Waals surface area contributed by atoms with Gasteiger partial charge in [0.25, 0.3) is 5.69 Å². The Bertz CT molecular complexity index is 989. The fraction of sp³-hybridized carbons (Fsp3) is 0.235. The lowest BCUT2D eigenvalue weighted by Crippen LogP contribution is -2.13. The topological polar surface area (TPSA) is 105 Å². The van der Waals surface area contributed by atoms with E-state index in [1.807, 2.05) is 31.2 Å². The molecule has 0 fully saturated rings. The van der Waals surface area contributed by atoms with E-state index in [-0.39, 0.29) is 19.1 Å². The molecule has 27 heavy (non-hydrogen) atoms. The molecule has 0 aliphatic carbocycles. The van der Waals surface area contributed by atoms with Crippen LogP contribution in [0.4, 0.5) is 5.69 Å². The van der Waals surface area contributed by atoms with Crippen molar-refractivity contribution < 1.29 is 14.4 Å². The summed E-state index contributed by atoms with van der Waals surface area (Å²) in [4.78, 5) is 10.8. The number of hydrogen-bond acceptors (Lipinski definition) is 8. The van der Waals surface area contributed by atoms with E-state index in [0.29, 0.717) is 27.8 Å². The molecule has 0 unspecified atom stereocenters. The first kappa shape index (κ1) is 17.4. The SMILES string of the molecule is Cc1ccc(-n2nnnc2SCc2cc([N+](=O)[O-])cc3c2OCOC3)cc1. The number of fused-ring (bicyclic) bond motifs is 1. The second-order valence-electron chi connectivity index (χ2n) is 5.96. The summed E-state index contributed by atoms with van der Waals surface area (Å²) in [5.74, 6) is 1.06. The Morgan fingerprint density at radius 3 is 2.89 bits per heavy atom. The number of nitro groups is 1. The van der Waals surface area contributed by atoms with E-state index in [1.54, 1.807) is 4.68 Å². The molecule has 0 spiro atoms. The molecule has 138 valence electrons. The standard InChI is InChI=1S/C17H15N5O4S/c1-11-2-4-14(5-3-11)21-17(18-19-20-21)27-9-13-7-15(22(23)24)6-12-8-25-10-26-16(12)13/h2-7H,8-10H2,1H3. The summed E-state index contributed by atoms with van der Waals surface area (Å²) in [6, 6.07) is 10.8. The van der Waals surface area contributed by atoms with Crippen molar-refractivity contribution in [2.75, 3.05) is 6.79 Å². The molecule has 1 aliphatic heterocycles. The minimum Gasteiger partial charge on any atom is -0.467 e. The molecule has 10 heteroatoms.